The molecule has 4 rings (SSSR count). The van der Waals surface area contributed by atoms with Gasteiger partial charge >= 0.3 is 0 Å². The van der Waals surface area contributed by atoms with E-state index in [9.17, 15) is 13.6 Å². The van der Waals surface area contributed by atoms with Crippen molar-refractivity contribution in [3.8, 4) is 16.3 Å². The topological polar surface area (TPSA) is 60.5 Å². The second-order valence-electron chi connectivity index (χ2n) is 6.87. The van der Waals surface area contributed by atoms with E-state index < -0.39 is 11.6 Å². The van der Waals surface area contributed by atoms with E-state index in [4.69, 9.17) is 9.47 Å². The van der Waals surface area contributed by atoms with Crippen LogP contribution in [0.5, 0.6) is 5.75 Å². The van der Waals surface area contributed by atoms with Gasteiger partial charge < -0.3 is 14.8 Å². The van der Waals surface area contributed by atoms with E-state index in [1.165, 1.54) is 29.5 Å². The SMILES string of the molecule is O=C(NC[C@H]1CCCO1)c1csc(-c2ccccc2OCc2c(F)cccc2F)n1. The Kier molecular flexibility index (Phi) is 6.35. The van der Waals surface area contributed by atoms with Crippen LogP contribution in [0.15, 0.2) is 47.8 Å². The highest BCUT2D eigenvalue weighted by molar-refractivity contribution is 7.13. The normalized spacial score (nSPS) is 15.9. The van der Waals surface area contributed by atoms with Gasteiger partial charge in [0.2, 0.25) is 0 Å². The summed E-state index contributed by atoms with van der Waals surface area (Å²) in [6.07, 6.45) is 2.00. The van der Waals surface area contributed by atoms with Crippen molar-refractivity contribution in [2.45, 2.75) is 25.6 Å². The lowest BCUT2D eigenvalue weighted by molar-refractivity contribution is 0.0854. The van der Waals surface area contributed by atoms with Crippen molar-refractivity contribution in [2.75, 3.05) is 13.2 Å². The van der Waals surface area contributed by atoms with Gasteiger partial charge in [0.15, 0.2) is 0 Å². The van der Waals surface area contributed by atoms with Gasteiger partial charge in [0.25, 0.3) is 5.91 Å². The quantitative estimate of drug-likeness (QED) is 0.596. The molecule has 1 saturated heterocycles. The molecule has 3 aromatic rings. The molecule has 1 atom stereocenters. The third-order valence-corrected chi connectivity index (χ3v) is 5.68. The summed E-state index contributed by atoms with van der Waals surface area (Å²) in [6, 6.07) is 10.8. The summed E-state index contributed by atoms with van der Waals surface area (Å²) in [5, 5.41) is 5.10. The van der Waals surface area contributed by atoms with Gasteiger partial charge in [-0.25, -0.2) is 13.8 Å². The number of rotatable bonds is 7. The number of nitrogens with zero attached hydrogens (tertiary/aromatic N) is 1. The maximum absolute atomic E-state index is 13.9. The van der Waals surface area contributed by atoms with E-state index in [1.807, 2.05) is 6.07 Å². The van der Waals surface area contributed by atoms with Crippen LogP contribution in [0.25, 0.3) is 10.6 Å². The number of carbonyl (C=O) groups excluding carboxylic acids is 1. The van der Waals surface area contributed by atoms with Crippen LogP contribution in [-0.4, -0.2) is 30.1 Å². The van der Waals surface area contributed by atoms with Gasteiger partial charge in [-0.05, 0) is 37.1 Å². The number of halogens is 2. The van der Waals surface area contributed by atoms with Crippen LogP contribution in [0.2, 0.25) is 0 Å². The average molecular weight is 430 g/mol. The zero-order valence-electron chi connectivity index (χ0n) is 16.1. The van der Waals surface area contributed by atoms with E-state index in [-0.39, 0.29) is 24.2 Å². The summed E-state index contributed by atoms with van der Waals surface area (Å²) in [6.45, 7) is 0.935. The van der Waals surface area contributed by atoms with Crippen LogP contribution in [0.3, 0.4) is 0 Å². The molecule has 156 valence electrons. The zero-order valence-corrected chi connectivity index (χ0v) is 16.9. The van der Waals surface area contributed by atoms with Crippen LogP contribution >= 0.6 is 11.3 Å². The fourth-order valence-electron chi connectivity index (χ4n) is 3.19. The molecule has 1 N–H and O–H groups in total. The minimum absolute atomic E-state index is 0.0555. The number of aromatic nitrogens is 1. The molecular formula is C22H20F2N2O3S. The molecule has 0 saturated carbocycles. The number of thiazole rings is 1. The zero-order chi connectivity index (χ0) is 20.9. The molecule has 1 amide bonds. The van der Waals surface area contributed by atoms with Crippen molar-refractivity contribution in [3.05, 3.63) is 70.7 Å². The molecule has 30 heavy (non-hydrogen) atoms. The molecule has 1 aliphatic rings. The molecule has 0 aliphatic carbocycles. The first kappa shape index (κ1) is 20.4. The molecule has 1 aromatic heterocycles. The lowest BCUT2D eigenvalue weighted by Crippen LogP contribution is -2.31. The highest BCUT2D eigenvalue weighted by Gasteiger charge is 2.19. The molecule has 2 heterocycles. The molecule has 0 radical (unpaired) electrons. The Morgan fingerprint density at radius 2 is 2.00 bits per heavy atom. The second-order valence-corrected chi connectivity index (χ2v) is 7.73. The Morgan fingerprint density at radius 1 is 1.20 bits per heavy atom. The Hall–Kier alpha value is -2.84. The van der Waals surface area contributed by atoms with E-state index >= 15 is 0 Å². The van der Waals surface area contributed by atoms with E-state index in [0.29, 0.717) is 28.6 Å². The van der Waals surface area contributed by atoms with Crippen LogP contribution < -0.4 is 10.1 Å². The van der Waals surface area contributed by atoms with E-state index in [1.54, 1.807) is 23.6 Å². The van der Waals surface area contributed by atoms with Crippen LogP contribution in [0.1, 0.15) is 28.9 Å². The molecule has 0 unspecified atom stereocenters. The van der Waals surface area contributed by atoms with Gasteiger partial charge in [0.1, 0.15) is 34.7 Å². The van der Waals surface area contributed by atoms with Crippen LogP contribution in [0.4, 0.5) is 8.78 Å². The lowest BCUT2D eigenvalue weighted by atomic mass is 10.2. The standard InChI is InChI=1S/C22H20F2N2O3S/c23-17-7-3-8-18(24)16(17)12-29-20-9-2-1-6-15(20)22-26-19(13-30-22)21(27)25-11-14-5-4-10-28-14/h1-3,6-9,13-14H,4-5,10-12H2,(H,25,27)/t14-/m1/s1. The average Bonchev–Trinajstić information content (AvgIpc) is 3.44. The van der Waals surface area contributed by atoms with E-state index in [2.05, 4.69) is 10.3 Å². The molecule has 1 aliphatic heterocycles. The molecule has 1 fully saturated rings. The van der Waals surface area contributed by atoms with Crippen molar-refractivity contribution < 1.29 is 23.0 Å². The maximum atomic E-state index is 13.9. The second kappa shape index (κ2) is 9.32. The number of amides is 1. The van der Waals surface area contributed by atoms with Gasteiger partial charge in [-0.1, -0.05) is 18.2 Å². The van der Waals surface area contributed by atoms with Crippen molar-refractivity contribution in [2.24, 2.45) is 0 Å². The maximum Gasteiger partial charge on any atom is 0.270 e. The van der Waals surface area contributed by atoms with E-state index in [0.717, 1.165) is 19.4 Å². The van der Waals surface area contributed by atoms with Crippen molar-refractivity contribution in [1.82, 2.24) is 10.3 Å². The first-order chi connectivity index (χ1) is 14.6. The summed E-state index contributed by atoms with van der Waals surface area (Å²) in [5.74, 6) is -1.15. The third kappa shape index (κ3) is 4.66. The highest BCUT2D eigenvalue weighted by Crippen LogP contribution is 2.33. The fraction of sp³-hybridized carbons (Fsp3) is 0.273. The summed E-state index contributed by atoms with van der Waals surface area (Å²) in [5.41, 5.74) is 0.820. The third-order valence-electron chi connectivity index (χ3n) is 4.80. The first-order valence-corrected chi connectivity index (χ1v) is 10.5. The predicted molar refractivity (Wildman–Crippen MR) is 110 cm³/mol. The number of para-hydroxylation sites is 1. The molecule has 5 nitrogen and oxygen atoms in total. The Bertz CT molecular complexity index is 1010. The summed E-state index contributed by atoms with van der Waals surface area (Å²) in [7, 11) is 0. The molecule has 2 aromatic carbocycles. The van der Waals surface area contributed by atoms with Crippen molar-refractivity contribution in [1.29, 1.82) is 0 Å². The molecule has 0 bridgehead atoms. The number of benzene rings is 2. The number of hydrogen-bond donors (Lipinski definition) is 1. The molecule has 0 spiro atoms. The van der Waals surface area contributed by atoms with Gasteiger partial charge in [-0.15, -0.1) is 11.3 Å². The largest absolute Gasteiger partial charge is 0.488 e. The van der Waals surface area contributed by atoms with Gasteiger partial charge in [0.05, 0.1) is 17.2 Å². The molecule has 8 heteroatoms. The van der Waals surface area contributed by atoms with Gasteiger partial charge in [-0.3, -0.25) is 4.79 Å². The fourth-order valence-corrected chi connectivity index (χ4v) is 4.02. The number of hydrogen-bond acceptors (Lipinski definition) is 5. The summed E-state index contributed by atoms with van der Waals surface area (Å²) >= 11 is 1.30. The first-order valence-electron chi connectivity index (χ1n) is 9.62. The predicted octanol–water partition coefficient (Wildman–Crippen LogP) is 4.58. The van der Waals surface area contributed by atoms with Gasteiger partial charge in [-0.2, -0.15) is 0 Å². The summed E-state index contributed by atoms with van der Waals surface area (Å²) in [4.78, 5) is 16.8. The van der Waals surface area contributed by atoms with Gasteiger partial charge in [0, 0.05) is 18.5 Å². The van der Waals surface area contributed by atoms with Crippen molar-refractivity contribution >= 4 is 17.2 Å². The number of ether oxygens (including phenoxy) is 2. The van der Waals surface area contributed by atoms with Crippen molar-refractivity contribution in [3.63, 3.8) is 0 Å². The monoisotopic (exact) mass is 430 g/mol. The summed E-state index contributed by atoms with van der Waals surface area (Å²) < 4.78 is 38.9. The smallest absolute Gasteiger partial charge is 0.270 e. The Labute approximate surface area is 176 Å². The van der Waals surface area contributed by atoms with Crippen LogP contribution in [-0.2, 0) is 11.3 Å². The Morgan fingerprint density at radius 3 is 2.77 bits per heavy atom. The minimum atomic E-state index is -0.660. The number of carbonyl (C=O) groups is 1. The number of nitrogens with one attached hydrogen (secondary N) is 1. The molecular weight excluding hydrogens is 410 g/mol. The Balaban J connectivity index is 1.46. The lowest BCUT2D eigenvalue weighted by Gasteiger charge is -2.11. The van der Waals surface area contributed by atoms with Crippen LogP contribution in [0, 0.1) is 11.6 Å². The minimum Gasteiger partial charge on any atom is -0.488 e. The highest BCUT2D eigenvalue weighted by atomic mass is 32.1.